The van der Waals surface area contributed by atoms with Crippen LogP contribution in [0, 0.1) is 0 Å². The van der Waals surface area contributed by atoms with Crippen LogP contribution < -0.4 is 5.73 Å². The Labute approximate surface area is 111 Å². The predicted molar refractivity (Wildman–Crippen MR) is 76.5 cm³/mol. The van der Waals surface area contributed by atoms with Crippen LogP contribution in [0.1, 0.15) is 22.7 Å². The summed E-state index contributed by atoms with van der Waals surface area (Å²) in [4.78, 5) is 5.08. The van der Waals surface area contributed by atoms with Gasteiger partial charge in [-0.05, 0) is 29.4 Å². The Hall–Kier alpha value is -0.680. The molecule has 0 aromatic carbocycles. The lowest BCUT2D eigenvalue weighted by molar-refractivity contribution is 0.266. The van der Waals surface area contributed by atoms with Crippen LogP contribution in [0.2, 0.25) is 0 Å². The minimum absolute atomic E-state index is 0.134. The molecule has 0 bridgehead atoms. The number of hydrogen-bond acceptors (Lipinski definition) is 4. The van der Waals surface area contributed by atoms with Gasteiger partial charge in [-0.1, -0.05) is 19.1 Å². The van der Waals surface area contributed by atoms with Crippen molar-refractivity contribution in [2.75, 3.05) is 13.1 Å². The Morgan fingerprint density at radius 2 is 2.00 bits per heavy atom. The third-order valence-corrected chi connectivity index (χ3v) is 4.64. The minimum Gasteiger partial charge on any atom is -0.322 e. The van der Waals surface area contributed by atoms with Crippen molar-refractivity contribution >= 4 is 22.7 Å². The molecule has 0 spiro atoms. The monoisotopic (exact) mass is 266 g/mol. The molecule has 0 saturated carbocycles. The van der Waals surface area contributed by atoms with Gasteiger partial charge in [0.05, 0.1) is 6.04 Å². The molecule has 0 aliphatic heterocycles. The van der Waals surface area contributed by atoms with Gasteiger partial charge >= 0.3 is 0 Å². The van der Waals surface area contributed by atoms with E-state index in [0.717, 1.165) is 19.6 Å². The van der Waals surface area contributed by atoms with E-state index in [9.17, 15) is 0 Å². The predicted octanol–water partition coefficient (Wildman–Crippen LogP) is 3.33. The molecule has 2 rings (SSSR count). The number of thiophene rings is 2. The molecule has 2 heterocycles. The highest BCUT2D eigenvalue weighted by Crippen LogP contribution is 2.19. The number of nitrogens with two attached hydrogens (primary N) is 1. The second kappa shape index (κ2) is 6.31. The normalized spacial score (nSPS) is 13.1. The zero-order valence-electron chi connectivity index (χ0n) is 10.0. The number of likely N-dealkylation sites (N-methyl/N-ethyl adjacent to an activating group) is 1. The quantitative estimate of drug-likeness (QED) is 0.869. The Kier molecular flexibility index (Phi) is 4.74. The Balaban J connectivity index is 1.91. The molecule has 0 amide bonds. The first-order valence-corrected chi connectivity index (χ1v) is 7.59. The summed E-state index contributed by atoms with van der Waals surface area (Å²) in [5, 5.41) is 4.22. The maximum Gasteiger partial charge on any atom is 0.0519 e. The van der Waals surface area contributed by atoms with Crippen LogP contribution in [0.4, 0.5) is 0 Å². The minimum atomic E-state index is 0.134. The van der Waals surface area contributed by atoms with Gasteiger partial charge in [0.1, 0.15) is 0 Å². The lowest BCUT2D eigenvalue weighted by atomic mass is 10.2. The summed E-state index contributed by atoms with van der Waals surface area (Å²) in [5.74, 6) is 0. The Morgan fingerprint density at radius 3 is 2.59 bits per heavy atom. The second-order valence-electron chi connectivity index (χ2n) is 4.03. The van der Waals surface area contributed by atoms with E-state index < -0.39 is 0 Å². The maximum absolute atomic E-state index is 6.22. The van der Waals surface area contributed by atoms with E-state index >= 15 is 0 Å². The van der Waals surface area contributed by atoms with E-state index in [0.29, 0.717) is 0 Å². The van der Waals surface area contributed by atoms with Gasteiger partial charge in [0.15, 0.2) is 0 Å². The molecule has 4 heteroatoms. The molecular formula is C13H18N2S2. The molecule has 0 radical (unpaired) electrons. The van der Waals surface area contributed by atoms with Crippen LogP contribution in [0.3, 0.4) is 0 Å². The van der Waals surface area contributed by atoms with Crippen molar-refractivity contribution in [2.45, 2.75) is 19.5 Å². The Bertz CT molecular complexity index is 409. The zero-order valence-corrected chi connectivity index (χ0v) is 11.6. The van der Waals surface area contributed by atoms with E-state index in [1.807, 2.05) is 11.3 Å². The lowest BCUT2D eigenvalue weighted by Crippen LogP contribution is -2.31. The highest BCUT2D eigenvalue weighted by molar-refractivity contribution is 7.10. The van der Waals surface area contributed by atoms with E-state index in [1.54, 1.807) is 11.3 Å². The molecule has 0 aliphatic rings. The summed E-state index contributed by atoms with van der Waals surface area (Å²) in [7, 11) is 0. The summed E-state index contributed by atoms with van der Waals surface area (Å²) in [6.07, 6.45) is 0. The van der Waals surface area contributed by atoms with Crippen molar-refractivity contribution < 1.29 is 0 Å². The van der Waals surface area contributed by atoms with Crippen molar-refractivity contribution in [3.63, 3.8) is 0 Å². The summed E-state index contributed by atoms with van der Waals surface area (Å²) in [6, 6.07) is 8.61. The van der Waals surface area contributed by atoms with Gasteiger partial charge in [0, 0.05) is 22.8 Å². The number of nitrogens with zero attached hydrogens (tertiary/aromatic N) is 1. The van der Waals surface area contributed by atoms with Crippen LogP contribution >= 0.6 is 22.7 Å². The zero-order chi connectivity index (χ0) is 12.1. The summed E-state index contributed by atoms with van der Waals surface area (Å²) in [6.45, 7) is 5.16. The number of rotatable bonds is 6. The molecule has 1 unspecified atom stereocenters. The molecule has 0 saturated heterocycles. The smallest absolute Gasteiger partial charge is 0.0519 e. The third-order valence-electron chi connectivity index (χ3n) is 2.77. The van der Waals surface area contributed by atoms with E-state index in [1.165, 1.54) is 9.75 Å². The fourth-order valence-electron chi connectivity index (χ4n) is 1.80. The molecule has 0 fully saturated rings. The van der Waals surface area contributed by atoms with Gasteiger partial charge in [-0.25, -0.2) is 0 Å². The molecule has 2 aromatic heterocycles. The SMILES string of the molecule is CCN(Cc1cccs1)CC(N)c1cccs1. The molecule has 92 valence electrons. The Morgan fingerprint density at radius 1 is 1.24 bits per heavy atom. The van der Waals surface area contributed by atoms with Crippen molar-refractivity contribution in [3.8, 4) is 0 Å². The molecule has 1 atom stereocenters. The summed E-state index contributed by atoms with van der Waals surface area (Å²) >= 11 is 3.55. The van der Waals surface area contributed by atoms with E-state index in [2.05, 4.69) is 46.8 Å². The lowest BCUT2D eigenvalue weighted by Gasteiger charge is -2.23. The van der Waals surface area contributed by atoms with Crippen LogP contribution in [-0.2, 0) is 6.54 Å². The fraction of sp³-hybridized carbons (Fsp3) is 0.385. The second-order valence-corrected chi connectivity index (χ2v) is 6.04. The van der Waals surface area contributed by atoms with Crippen molar-refractivity contribution in [2.24, 2.45) is 5.73 Å². The topological polar surface area (TPSA) is 29.3 Å². The van der Waals surface area contributed by atoms with Gasteiger partial charge in [0.25, 0.3) is 0 Å². The molecular weight excluding hydrogens is 248 g/mol. The van der Waals surface area contributed by atoms with Crippen molar-refractivity contribution in [1.29, 1.82) is 0 Å². The van der Waals surface area contributed by atoms with Crippen LogP contribution in [0.25, 0.3) is 0 Å². The number of hydrogen-bond donors (Lipinski definition) is 1. The largest absolute Gasteiger partial charge is 0.322 e. The van der Waals surface area contributed by atoms with E-state index in [-0.39, 0.29) is 6.04 Å². The molecule has 2 N–H and O–H groups in total. The average molecular weight is 266 g/mol. The third kappa shape index (κ3) is 3.64. The van der Waals surface area contributed by atoms with Gasteiger partial charge in [-0.15, -0.1) is 22.7 Å². The summed E-state index contributed by atoms with van der Waals surface area (Å²) < 4.78 is 0. The fourth-order valence-corrected chi connectivity index (χ4v) is 3.27. The van der Waals surface area contributed by atoms with Gasteiger partial charge in [0.2, 0.25) is 0 Å². The summed E-state index contributed by atoms with van der Waals surface area (Å²) in [5.41, 5.74) is 6.22. The van der Waals surface area contributed by atoms with Gasteiger partial charge in [-0.3, -0.25) is 4.90 Å². The van der Waals surface area contributed by atoms with Gasteiger partial charge < -0.3 is 5.73 Å². The van der Waals surface area contributed by atoms with E-state index in [4.69, 9.17) is 5.73 Å². The molecule has 0 aliphatic carbocycles. The first-order chi connectivity index (χ1) is 8.29. The first kappa shape index (κ1) is 12.8. The standard InChI is InChI=1S/C13H18N2S2/c1-2-15(9-11-5-3-7-16-11)10-12(14)13-6-4-8-17-13/h3-8,12H,2,9-10,14H2,1H3. The van der Waals surface area contributed by atoms with Gasteiger partial charge in [-0.2, -0.15) is 0 Å². The molecule has 2 aromatic rings. The van der Waals surface area contributed by atoms with Crippen LogP contribution in [-0.4, -0.2) is 18.0 Å². The van der Waals surface area contributed by atoms with Crippen LogP contribution in [0.15, 0.2) is 35.0 Å². The van der Waals surface area contributed by atoms with Crippen LogP contribution in [0.5, 0.6) is 0 Å². The highest BCUT2D eigenvalue weighted by atomic mass is 32.1. The molecule has 2 nitrogen and oxygen atoms in total. The van der Waals surface area contributed by atoms with Crippen molar-refractivity contribution in [3.05, 3.63) is 44.8 Å². The highest BCUT2D eigenvalue weighted by Gasteiger charge is 2.12. The maximum atomic E-state index is 6.22. The molecule has 17 heavy (non-hydrogen) atoms. The van der Waals surface area contributed by atoms with Crippen molar-refractivity contribution in [1.82, 2.24) is 4.90 Å². The average Bonchev–Trinajstić information content (AvgIpc) is 3.00. The first-order valence-electron chi connectivity index (χ1n) is 5.83.